The van der Waals surface area contributed by atoms with Crippen LogP contribution in [-0.4, -0.2) is 52.4 Å². The van der Waals surface area contributed by atoms with E-state index in [0.717, 1.165) is 32.2 Å². The van der Waals surface area contributed by atoms with Crippen LogP contribution in [0.3, 0.4) is 0 Å². The Morgan fingerprint density at radius 2 is 2.06 bits per heavy atom. The van der Waals surface area contributed by atoms with Crippen LogP contribution in [0.4, 0.5) is 0 Å². The molecule has 1 saturated carbocycles. The maximum Gasteiger partial charge on any atom is 0.232 e. The first-order valence-corrected chi connectivity index (χ1v) is 8.14. The van der Waals surface area contributed by atoms with E-state index in [0.29, 0.717) is 6.42 Å². The van der Waals surface area contributed by atoms with Gasteiger partial charge in [-0.3, -0.25) is 0 Å². The van der Waals surface area contributed by atoms with Crippen LogP contribution in [0.25, 0.3) is 0 Å². The minimum atomic E-state index is -3.33. The van der Waals surface area contributed by atoms with Crippen molar-refractivity contribution in [1.29, 1.82) is 0 Å². The molecule has 4 nitrogen and oxygen atoms in total. The number of ether oxygens (including phenoxy) is 1. The molecule has 16 heavy (non-hydrogen) atoms. The minimum Gasteiger partial charge on any atom is -0.380 e. The van der Waals surface area contributed by atoms with Gasteiger partial charge in [0.15, 0.2) is 0 Å². The molecule has 0 bridgehead atoms. The van der Waals surface area contributed by atoms with Gasteiger partial charge in [0.1, 0.15) is 0 Å². The lowest BCUT2D eigenvalue weighted by molar-refractivity contribution is 0.103. The molecule has 0 atom stereocenters. The van der Waals surface area contributed by atoms with Gasteiger partial charge in [-0.15, -0.1) is 0 Å². The molecule has 0 aromatic rings. The van der Waals surface area contributed by atoms with Crippen molar-refractivity contribution in [1.82, 2.24) is 4.90 Å². The molecule has 0 aliphatic heterocycles. The highest BCUT2D eigenvalue weighted by Gasteiger charge is 2.20. The van der Waals surface area contributed by atoms with Crippen LogP contribution in [0, 0.1) is 5.92 Å². The molecule has 1 rings (SSSR count). The molecule has 0 radical (unpaired) electrons. The summed E-state index contributed by atoms with van der Waals surface area (Å²) in [6.07, 6.45) is 3.19. The Labute approximate surface area is 102 Å². The Hall–Kier alpha value is 0.160. The van der Waals surface area contributed by atoms with Crippen molar-refractivity contribution in [2.45, 2.75) is 19.3 Å². The topological polar surface area (TPSA) is 46.6 Å². The largest absolute Gasteiger partial charge is 0.380 e. The Morgan fingerprint density at radius 1 is 1.38 bits per heavy atom. The number of hydrogen-bond acceptors (Lipinski definition) is 4. The van der Waals surface area contributed by atoms with Crippen molar-refractivity contribution in [3.05, 3.63) is 0 Å². The number of nitrogens with zero attached hydrogens (tertiary/aromatic N) is 1. The van der Waals surface area contributed by atoms with Gasteiger partial charge in [0.05, 0.1) is 12.4 Å². The maximum absolute atomic E-state index is 10.7. The minimum absolute atomic E-state index is 0.0435. The van der Waals surface area contributed by atoms with Crippen LogP contribution < -0.4 is 0 Å². The number of likely N-dealkylation sites (N-methyl/N-ethyl adjacent to an activating group) is 1. The van der Waals surface area contributed by atoms with E-state index < -0.39 is 9.05 Å². The summed E-state index contributed by atoms with van der Waals surface area (Å²) in [5, 5.41) is 0. The van der Waals surface area contributed by atoms with Gasteiger partial charge < -0.3 is 9.64 Å². The van der Waals surface area contributed by atoms with Gasteiger partial charge in [0.25, 0.3) is 0 Å². The Balaban J connectivity index is 1.91. The number of hydrogen-bond donors (Lipinski definition) is 0. The third kappa shape index (κ3) is 8.33. The van der Waals surface area contributed by atoms with Crippen LogP contribution in [0.5, 0.6) is 0 Å². The highest BCUT2D eigenvalue weighted by Crippen LogP contribution is 2.28. The molecule has 0 N–H and O–H groups in total. The summed E-state index contributed by atoms with van der Waals surface area (Å²) in [6, 6.07) is 0. The SMILES string of the molecule is CN(CCCS(=O)(=O)Cl)CCOCC1CC1. The lowest BCUT2D eigenvalue weighted by Crippen LogP contribution is -2.25. The van der Waals surface area contributed by atoms with Crippen LogP contribution in [-0.2, 0) is 13.8 Å². The van der Waals surface area contributed by atoms with E-state index in [2.05, 4.69) is 4.90 Å². The average Bonchev–Trinajstić information content (AvgIpc) is 2.94. The highest BCUT2D eigenvalue weighted by atomic mass is 35.7. The molecule has 0 heterocycles. The first-order valence-electron chi connectivity index (χ1n) is 5.66. The smallest absolute Gasteiger partial charge is 0.232 e. The molecule has 96 valence electrons. The van der Waals surface area contributed by atoms with Crippen molar-refractivity contribution >= 4 is 19.7 Å². The number of halogens is 1. The second-order valence-corrected chi connectivity index (χ2v) is 7.31. The van der Waals surface area contributed by atoms with Crippen LogP contribution in [0.15, 0.2) is 0 Å². The predicted octanol–water partition coefficient (Wildman–Crippen LogP) is 1.30. The van der Waals surface area contributed by atoms with Crippen molar-refractivity contribution in [3.63, 3.8) is 0 Å². The Bertz CT molecular complexity index is 290. The van der Waals surface area contributed by atoms with Gasteiger partial charge >= 0.3 is 0 Å². The first kappa shape index (κ1) is 14.2. The summed E-state index contributed by atoms with van der Waals surface area (Å²) >= 11 is 0. The lowest BCUT2D eigenvalue weighted by Gasteiger charge is -2.15. The Kier molecular flexibility index (Phi) is 6.03. The van der Waals surface area contributed by atoms with Gasteiger partial charge in [0.2, 0.25) is 9.05 Å². The molecule has 0 aromatic heterocycles. The van der Waals surface area contributed by atoms with Gasteiger partial charge in [-0.2, -0.15) is 0 Å². The van der Waals surface area contributed by atoms with Gasteiger partial charge in [-0.1, -0.05) is 0 Å². The van der Waals surface area contributed by atoms with Crippen LogP contribution in [0.2, 0.25) is 0 Å². The van der Waals surface area contributed by atoms with E-state index in [1.54, 1.807) is 0 Å². The van der Waals surface area contributed by atoms with Crippen molar-refractivity contribution in [3.8, 4) is 0 Å². The molecule has 1 fully saturated rings. The fourth-order valence-corrected chi connectivity index (χ4v) is 2.17. The zero-order valence-corrected chi connectivity index (χ0v) is 11.3. The molecule has 6 heteroatoms. The van der Waals surface area contributed by atoms with Gasteiger partial charge in [-0.05, 0) is 38.8 Å². The molecular weight excluding hydrogens is 250 g/mol. The summed E-state index contributed by atoms with van der Waals surface area (Å²) in [6.45, 7) is 3.18. The third-order valence-electron chi connectivity index (χ3n) is 2.60. The van der Waals surface area contributed by atoms with Crippen LogP contribution in [0.1, 0.15) is 19.3 Å². The molecule has 0 spiro atoms. The van der Waals surface area contributed by atoms with E-state index in [1.807, 2.05) is 7.05 Å². The summed E-state index contributed by atoms with van der Waals surface area (Å²) in [7, 11) is 3.74. The normalized spacial score (nSPS) is 16.9. The molecule has 0 aromatic carbocycles. The molecule has 0 unspecified atom stereocenters. The second kappa shape index (κ2) is 6.79. The van der Waals surface area contributed by atoms with E-state index >= 15 is 0 Å². The first-order chi connectivity index (χ1) is 7.47. The average molecular weight is 270 g/mol. The maximum atomic E-state index is 10.7. The monoisotopic (exact) mass is 269 g/mol. The molecule has 1 aliphatic rings. The van der Waals surface area contributed by atoms with E-state index in [-0.39, 0.29) is 5.75 Å². The van der Waals surface area contributed by atoms with Gasteiger partial charge in [-0.25, -0.2) is 8.42 Å². The van der Waals surface area contributed by atoms with E-state index in [1.165, 1.54) is 12.8 Å². The van der Waals surface area contributed by atoms with E-state index in [4.69, 9.17) is 15.4 Å². The third-order valence-corrected chi connectivity index (χ3v) is 3.84. The van der Waals surface area contributed by atoms with Crippen molar-refractivity contribution < 1.29 is 13.2 Å². The second-order valence-electron chi connectivity index (χ2n) is 4.42. The molecular formula is C10H20ClNO3S. The summed E-state index contributed by atoms with van der Waals surface area (Å²) < 4.78 is 26.8. The van der Waals surface area contributed by atoms with Crippen molar-refractivity contribution in [2.24, 2.45) is 5.92 Å². The van der Waals surface area contributed by atoms with Crippen LogP contribution >= 0.6 is 10.7 Å². The fraction of sp³-hybridized carbons (Fsp3) is 1.00. The fourth-order valence-electron chi connectivity index (χ4n) is 1.37. The molecule has 0 amide bonds. The van der Waals surface area contributed by atoms with Gasteiger partial charge in [0, 0.05) is 23.8 Å². The predicted molar refractivity (Wildman–Crippen MR) is 65.3 cm³/mol. The lowest BCUT2D eigenvalue weighted by atomic mass is 10.4. The number of rotatable bonds is 9. The van der Waals surface area contributed by atoms with Crippen molar-refractivity contribution in [2.75, 3.05) is 39.1 Å². The standard InChI is InChI=1S/C10H20ClNO3S/c1-12(5-2-8-16(11,13)14)6-7-15-9-10-3-4-10/h10H,2-9H2,1H3. The molecule has 0 saturated heterocycles. The zero-order valence-electron chi connectivity index (χ0n) is 9.69. The Morgan fingerprint density at radius 3 is 2.62 bits per heavy atom. The summed E-state index contributed by atoms with van der Waals surface area (Å²) in [5.74, 6) is 0.841. The quantitative estimate of drug-likeness (QED) is 0.468. The van der Waals surface area contributed by atoms with E-state index in [9.17, 15) is 8.42 Å². The summed E-state index contributed by atoms with van der Waals surface area (Å²) in [4.78, 5) is 2.06. The zero-order chi connectivity index (χ0) is 12.0. The highest BCUT2D eigenvalue weighted by molar-refractivity contribution is 8.13. The summed E-state index contributed by atoms with van der Waals surface area (Å²) in [5.41, 5.74) is 0. The molecule has 1 aliphatic carbocycles.